The van der Waals surface area contributed by atoms with Gasteiger partial charge in [-0.1, -0.05) is 32.9 Å². The highest BCUT2D eigenvalue weighted by Crippen LogP contribution is 2.25. The predicted molar refractivity (Wildman–Crippen MR) is 98.6 cm³/mol. The topological polar surface area (TPSA) is 32.8 Å². The maximum Gasteiger partial charge on any atom is 0.0589 e. The van der Waals surface area contributed by atoms with Crippen molar-refractivity contribution in [2.45, 2.75) is 31.1 Å². The van der Waals surface area contributed by atoms with Crippen molar-refractivity contribution in [2.75, 3.05) is 46.4 Å². The van der Waals surface area contributed by atoms with Crippen LogP contribution < -0.4 is 0 Å². The largest absolute Gasteiger partial charge is 0.383 e. The molecule has 1 aromatic carbocycles. The van der Waals surface area contributed by atoms with E-state index in [2.05, 4.69) is 43.7 Å². The number of piperazine rings is 1. The number of nitrogens with zero attached hydrogens (tertiary/aromatic N) is 2. The molecule has 1 fully saturated rings. The lowest BCUT2D eigenvalue weighted by atomic mass is 9.87. The Bertz CT molecular complexity index is 595. The first-order valence-corrected chi connectivity index (χ1v) is 9.88. The van der Waals surface area contributed by atoms with E-state index in [9.17, 15) is 4.21 Å². The van der Waals surface area contributed by atoms with Crippen molar-refractivity contribution in [2.24, 2.45) is 0 Å². The molecule has 1 aromatic rings. The molecule has 1 atom stereocenters. The Morgan fingerprint density at radius 1 is 1.13 bits per heavy atom. The quantitative estimate of drug-likeness (QED) is 0.772. The maximum absolute atomic E-state index is 13.2. The molecule has 1 saturated heterocycles. The molecule has 23 heavy (non-hydrogen) atoms. The van der Waals surface area contributed by atoms with Gasteiger partial charge in [-0.25, -0.2) is 8.51 Å². The van der Waals surface area contributed by atoms with Crippen LogP contribution in [-0.4, -0.2) is 65.7 Å². The molecule has 0 amide bonds. The van der Waals surface area contributed by atoms with E-state index < -0.39 is 9.71 Å². The predicted octanol–water partition coefficient (Wildman–Crippen LogP) is 2.24. The van der Waals surface area contributed by atoms with E-state index >= 15 is 0 Å². The molecular formula is C18H30N2O2S. The van der Waals surface area contributed by atoms with Crippen LogP contribution in [0, 0.1) is 0 Å². The lowest BCUT2D eigenvalue weighted by Crippen LogP contribution is -2.49. The second-order valence-electron chi connectivity index (χ2n) is 7.18. The Kier molecular flexibility index (Phi) is 5.89. The first kappa shape index (κ1) is 18.5. The van der Waals surface area contributed by atoms with Crippen molar-refractivity contribution in [1.29, 1.82) is 0 Å². The third-order valence-electron chi connectivity index (χ3n) is 4.45. The minimum absolute atomic E-state index is 0.105. The number of hydrogen-bond acceptors (Lipinski definition) is 3. The lowest BCUT2D eigenvalue weighted by Gasteiger charge is -2.36. The molecule has 0 aliphatic carbocycles. The summed E-state index contributed by atoms with van der Waals surface area (Å²) >= 11 is 0. The van der Waals surface area contributed by atoms with Gasteiger partial charge in [0, 0.05) is 44.7 Å². The molecule has 1 aliphatic rings. The van der Waals surface area contributed by atoms with Gasteiger partial charge in [-0.05, 0) is 29.0 Å². The molecule has 5 heteroatoms. The van der Waals surface area contributed by atoms with Crippen LogP contribution in [0.2, 0.25) is 0 Å². The van der Waals surface area contributed by atoms with Gasteiger partial charge in [0.25, 0.3) is 0 Å². The SMILES string of the molecule is C=S(=O)(c1ccc(C(C)(C)C)cc1)N1CCN(CCOC)CC1. The van der Waals surface area contributed by atoms with Gasteiger partial charge in [-0.3, -0.25) is 4.90 Å². The molecule has 0 bridgehead atoms. The second-order valence-corrected chi connectivity index (χ2v) is 9.45. The van der Waals surface area contributed by atoms with Crippen molar-refractivity contribution < 1.29 is 8.95 Å². The zero-order chi connectivity index (χ0) is 17.1. The van der Waals surface area contributed by atoms with Crippen molar-refractivity contribution in [3.05, 3.63) is 29.8 Å². The molecular weight excluding hydrogens is 308 g/mol. The van der Waals surface area contributed by atoms with Gasteiger partial charge < -0.3 is 4.74 Å². The molecule has 2 rings (SSSR count). The minimum Gasteiger partial charge on any atom is -0.383 e. The Morgan fingerprint density at radius 2 is 1.70 bits per heavy atom. The molecule has 1 aliphatic heterocycles. The summed E-state index contributed by atoms with van der Waals surface area (Å²) in [5.41, 5.74) is 1.36. The van der Waals surface area contributed by atoms with Crippen LogP contribution in [0.3, 0.4) is 0 Å². The van der Waals surface area contributed by atoms with Gasteiger partial charge in [0.05, 0.1) is 16.3 Å². The van der Waals surface area contributed by atoms with Crippen LogP contribution in [-0.2, 0) is 19.9 Å². The Balaban J connectivity index is 2.05. The number of rotatable bonds is 5. The fraction of sp³-hybridized carbons (Fsp3) is 0.611. The van der Waals surface area contributed by atoms with Crippen molar-refractivity contribution >= 4 is 15.6 Å². The summed E-state index contributed by atoms with van der Waals surface area (Å²) in [6.07, 6.45) is 0. The molecule has 0 spiro atoms. The lowest BCUT2D eigenvalue weighted by molar-refractivity contribution is 0.124. The van der Waals surface area contributed by atoms with Crippen LogP contribution in [0.25, 0.3) is 0 Å². The average molecular weight is 339 g/mol. The average Bonchev–Trinajstić information content (AvgIpc) is 2.52. The van der Waals surface area contributed by atoms with Crippen molar-refractivity contribution in [3.8, 4) is 0 Å². The van der Waals surface area contributed by atoms with Crippen molar-refractivity contribution in [1.82, 2.24) is 9.21 Å². The van der Waals surface area contributed by atoms with Crippen LogP contribution in [0.5, 0.6) is 0 Å². The van der Waals surface area contributed by atoms with Crippen LogP contribution in [0.4, 0.5) is 0 Å². The molecule has 0 aromatic heterocycles. The standard InChI is InChI=1S/C18H30N2O2S/c1-18(2,3)16-6-8-17(9-7-16)23(5,21)20-12-10-19(11-13-20)14-15-22-4/h6-9H,5,10-15H2,1-4H3. The number of hydrogen-bond donors (Lipinski definition) is 0. The molecule has 0 saturated carbocycles. The number of methoxy groups -OCH3 is 1. The molecule has 0 radical (unpaired) electrons. The summed E-state index contributed by atoms with van der Waals surface area (Å²) in [4.78, 5) is 3.17. The molecule has 1 unspecified atom stereocenters. The third kappa shape index (κ3) is 4.57. The first-order valence-electron chi connectivity index (χ1n) is 8.19. The normalized spacial score (nSPS) is 20.3. The highest BCUT2D eigenvalue weighted by molar-refractivity contribution is 7.98. The smallest absolute Gasteiger partial charge is 0.0589 e. The summed E-state index contributed by atoms with van der Waals surface area (Å²) in [5, 5.41) is 0. The number of benzene rings is 1. The van der Waals surface area contributed by atoms with E-state index in [1.807, 2.05) is 16.4 Å². The molecule has 130 valence electrons. The summed E-state index contributed by atoms with van der Waals surface area (Å²) in [6.45, 7) is 11.6. The molecule has 1 heterocycles. The van der Waals surface area contributed by atoms with E-state index in [-0.39, 0.29) is 5.41 Å². The highest BCUT2D eigenvalue weighted by atomic mass is 32.2. The summed E-state index contributed by atoms with van der Waals surface area (Å²) in [6, 6.07) is 8.12. The van der Waals surface area contributed by atoms with Gasteiger partial charge in [0.2, 0.25) is 0 Å². The van der Waals surface area contributed by atoms with E-state index in [1.165, 1.54) is 5.56 Å². The van der Waals surface area contributed by atoms with Gasteiger partial charge in [-0.2, -0.15) is 0 Å². The monoisotopic (exact) mass is 338 g/mol. The van der Waals surface area contributed by atoms with E-state index in [0.29, 0.717) is 0 Å². The van der Waals surface area contributed by atoms with Crippen LogP contribution in [0.15, 0.2) is 29.2 Å². The Morgan fingerprint density at radius 3 is 2.17 bits per heavy atom. The van der Waals surface area contributed by atoms with Crippen LogP contribution in [0.1, 0.15) is 26.3 Å². The summed E-state index contributed by atoms with van der Waals surface area (Å²) < 4.78 is 20.3. The molecule has 4 nitrogen and oxygen atoms in total. The van der Waals surface area contributed by atoms with Gasteiger partial charge >= 0.3 is 0 Å². The Labute approximate surface area is 141 Å². The zero-order valence-electron chi connectivity index (χ0n) is 14.9. The maximum atomic E-state index is 13.2. The number of ether oxygens (including phenoxy) is 1. The zero-order valence-corrected chi connectivity index (χ0v) is 15.7. The third-order valence-corrected chi connectivity index (χ3v) is 6.66. The summed E-state index contributed by atoms with van der Waals surface area (Å²) in [7, 11) is -0.670. The van der Waals surface area contributed by atoms with Gasteiger partial charge in [-0.15, -0.1) is 0 Å². The van der Waals surface area contributed by atoms with E-state index in [4.69, 9.17) is 4.74 Å². The fourth-order valence-corrected chi connectivity index (χ4v) is 4.40. The molecule has 0 N–H and O–H groups in total. The first-order chi connectivity index (χ1) is 10.7. The fourth-order valence-electron chi connectivity index (χ4n) is 2.79. The Hall–Kier alpha value is -0.880. The summed E-state index contributed by atoms with van der Waals surface area (Å²) in [5.74, 6) is 4.05. The van der Waals surface area contributed by atoms with Gasteiger partial charge in [0.1, 0.15) is 0 Å². The van der Waals surface area contributed by atoms with Gasteiger partial charge in [0.15, 0.2) is 0 Å². The van der Waals surface area contributed by atoms with Crippen molar-refractivity contribution in [3.63, 3.8) is 0 Å². The second kappa shape index (κ2) is 7.34. The van der Waals surface area contributed by atoms with E-state index in [0.717, 1.165) is 44.2 Å². The highest BCUT2D eigenvalue weighted by Gasteiger charge is 2.24. The van der Waals surface area contributed by atoms with Crippen LogP contribution >= 0.6 is 0 Å². The minimum atomic E-state index is -2.39. The van der Waals surface area contributed by atoms with E-state index in [1.54, 1.807) is 7.11 Å².